The van der Waals surface area contributed by atoms with Crippen LogP contribution in [0.3, 0.4) is 0 Å². The zero-order chi connectivity index (χ0) is 15.5. The molecule has 1 aromatic rings. The van der Waals surface area contributed by atoms with Gasteiger partial charge in [-0.25, -0.2) is 0 Å². The number of benzene rings is 1. The summed E-state index contributed by atoms with van der Waals surface area (Å²) in [5.74, 6) is 0. The molecule has 2 N–H and O–H groups in total. The first-order valence-electron chi connectivity index (χ1n) is 7.78. The lowest BCUT2D eigenvalue weighted by atomic mass is 10.1. The van der Waals surface area contributed by atoms with Gasteiger partial charge in [-0.15, -0.1) is 0 Å². The van der Waals surface area contributed by atoms with Crippen molar-refractivity contribution in [3.63, 3.8) is 0 Å². The number of nitrogens with one attached hydrogen (secondary N) is 1. The minimum Gasteiger partial charge on any atom is -0.389 e. The molecule has 4 heteroatoms. The van der Waals surface area contributed by atoms with E-state index in [-0.39, 0.29) is 0 Å². The number of para-hydroxylation sites is 1. The van der Waals surface area contributed by atoms with Crippen LogP contribution in [0.2, 0.25) is 0 Å². The van der Waals surface area contributed by atoms with Crippen LogP contribution >= 0.6 is 0 Å². The zero-order valence-electron chi connectivity index (χ0n) is 13.5. The number of aliphatic hydroxyl groups is 1. The molecule has 0 radical (unpaired) electrons. The first-order chi connectivity index (χ1) is 10.1. The van der Waals surface area contributed by atoms with Crippen molar-refractivity contribution in [1.29, 1.82) is 0 Å². The van der Waals surface area contributed by atoms with Gasteiger partial charge in [0.05, 0.1) is 25.9 Å². The predicted molar refractivity (Wildman–Crippen MR) is 87.0 cm³/mol. The lowest BCUT2D eigenvalue weighted by Gasteiger charge is -2.16. The number of aliphatic hydroxyl groups excluding tert-OH is 1. The summed E-state index contributed by atoms with van der Waals surface area (Å²) in [5.41, 5.74) is 3.47. The van der Waals surface area contributed by atoms with Crippen LogP contribution in [0, 0.1) is 13.8 Å². The first kappa shape index (κ1) is 18.0. The van der Waals surface area contributed by atoms with Crippen LogP contribution < -0.4 is 5.32 Å². The summed E-state index contributed by atoms with van der Waals surface area (Å²) < 4.78 is 10.8. The Morgan fingerprint density at radius 3 is 2.43 bits per heavy atom. The van der Waals surface area contributed by atoms with Crippen molar-refractivity contribution >= 4 is 5.69 Å². The van der Waals surface area contributed by atoms with E-state index in [9.17, 15) is 5.11 Å². The van der Waals surface area contributed by atoms with E-state index >= 15 is 0 Å². The van der Waals surface area contributed by atoms with E-state index in [0.29, 0.717) is 26.4 Å². The average Bonchev–Trinajstić information content (AvgIpc) is 2.46. The smallest absolute Gasteiger partial charge is 0.0945 e. The number of rotatable bonds is 11. The fraction of sp³-hybridized carbons (Fsp3) is 0.647. The highest BCUT2D eigenvalue weighted by Gasteiger charge is 2.06. The van der Waals surface area contributed by atoms with Crippen molar-refractivity contribution < 1.29 is 14.6 Å². The van der Waals surface area contributed by atoms with Crippen LogP contribution in [0.25, 0.3) is 0 Å². The molecule has 0 spiro atoms. The molecule has 4 nitrogen and oxygen atoms in total. The molecule has 0 fully saturated rings. The Balaban J connectivity index is 2.12. The molecular weight excluding hydrogens is 266 g/mol. The van der Waals surface area contributed by atoms with Gasteiger partial charge in [0.25, 0.3) is 0 Å². The molecule has 1 atom stereocenters. The van der Waals surface area contributed by atoms with E-state index in [2.05, 4.69) is 38.2 Å². The Morgan fingerprint density at radius 1 is 1.10 bits per heavy atom. The number of ether oxygens (including phenoxy) is 2. The summed E-state index contributed by atoms with van der Waals surface area (Å²) in [7, 11) is 0. The number of unbranched alkanes of at least 4 members (excludes halogenated alkanes) is 1. The van der Waals surface area contributed by atoms with E-state index in [4.69, 9.17) is 9.47 Å². The van der Waals surface area contributed by atoms with Gasteiger partial charge < -0.3 is 19.9 Å². The summed E-state index contributed by atoms with van der Waals surface area (Å²) in [6.45, 7) is 8.99. The standard InChI is InChI=1S/C17H29NO3/c1-4-5-9-20-10-11-21-13-16(19)12-18-17-14(2)7-6-8-15(17)3/h6-8,16,18-19H,4-5,9-13H2,1-3H3. The maximum atomic E-state index is 9.90. The SMILES string of the molecule is CCCCOCCOCC(O)CNc1c(C)cccc1C. The first-order valence-corrected chi connectivity index (χ1v) is 7.78. The summed E-state index contributed by atoms with van der Waals surface area (Å²) >= 11 is 0. The molecule has 0 saturated carbocycles. The Bertz CT molecular complexity index is 375. The Labute approximate surface area is 128 Å². The van der Waals surface area contributed by atoms with Crippen molar-refractivity contribution in [3.05, 3.63) is 29.3 Å². The molecule has 1 rings (SSSR count). The molecule has 0 bridgehead atoms. The van der Waals surface area contributed by atoms with E-state index in [1.807, 2.05) is 6.07 Å². The maximum absolute atomic E-state index is 9.90. The van der Waals surface area contributed by atoms with E-state index in [1.165, 1.54) is 11.1 Å². The van der Waals surface area contributed by atoms with Gasteiger partial charge in [0.1, 0.15) is 0 Å². The molecule has 0 aliphatic heterocycles. The van der Waals surface area contributed by atoms with Crippen LogP contribution in [0.4, 0.5) is 5.69 Å². The van der Waals surface area contributed by atoms with Gasteiger partial charge in [-0.2, -0.15) is 0 Å². The van der Waals surface area contributed by atoms with E-state index < -0.39 is 6.10 Å². The highest BCUT2D eigenvalue weighted by atomic mass is 16.5. The molecule has 21 heavy (non-hydrogen) atoms. The topological polar surface area (TPSA) is 50.7 Å². The molecule has 120 valence electrons. The number of hydrogen-bond donors (Lipinski definition) is 2. The second-order valence-electron chi connectivity index (χ2n) is 5.34. The second-order valence-corrected chi connectivity index (χ2v) is 5.34. The second kappa shape index (κ2) is 10.6. The average molecular weight is 295 g/mol. The van der Waals surface area contributed by atoms with Crippen LogP contribution in [-0.4, -0.2) is 44.2 Å². The van der Waals surface area contributed by atoms with Gasteiger partial charge in [0.15, 0.2) is 0 Å². The Morgan fingerprint density at radius 2 is 1.76 bits per heavy atom. The molecule has 1 aromatic carbocycles. The summed E-state index contributed by atoms with van der Waals surface area (Å²) in [6, 6.07) is 6.16. The molecule has 0 saturated heterocycles. The monoisotopic (exact) mass is 295 g/mol. The minimum atomic E-state index is -0.514. The Kier molecular flexibility index (Phi) is 9.06. The number of hydrogen-bond acceptors (Lipinski definition) is 4. The van der Waals surface area contributed by atoms with Crippen molar-refractivity contribution in [1.82, 2.24) is 0 Å². The molecule has 0 heterocycles. The maximum Gasteiger partial charge on any atom is 0.0945 e. The van der Waals surface area contributed by atoms with E-state index in [1.54, 1.807) is 0 Å². The van der Waals surface area contributed by atoms with Crippen LogP contribution in [-0.2, 0) is 9.47 Å². The summed E-state index contributed by atoms with van der Waals surface area (Å²) in [6.07, 6.45) is 1.71. The molecule has 0 amide bonds. The van der Waals surface area contributed by atoms with Gasteiger partial charge in [-0.05, 0) is 31.4 Å². The summed E-state index contributed by atoms with van der Waals surface area (Å²) in [5, 5.41) is 13.2. The van der Waals surface area contributed by atoms with Gasteiger partial charge in [0.2, 0.25) is 0 Å². The predicted octanol–water partition coefficient (Wildman–Crippen LogP) is 2.91. The number of anilines is 1. The molecule has 0 aliphatic rings. The van der Waals surface area contributed by atoms with Crippen LogP contribution in [0.5, 0.6) is 0 Å². The molecular formula is C17H29NO3. The van der Waals surface area contributed by atoms with Crippen molar-refractivity contribution in [2.24, 2.45) is 0 Å². The van der Waals surface area contributed by atoms with Gasteiger partial charge in [-0.1, -0.05) is 31.5 Å². The molecule has 1 unspecified atom stereocenters. The molecule has 0 aliphatic carbocycles. The van der Waals surface area contributed by atoms with E-state index in [0.717, 1.165) is 25.1 Å². The van der Waals surface area contributed by atoms with Gasteiger partial charge in [0, 0.05) is 18.8 Å². The number of aryl methyl sites for hydroxylation is 2. The minimum absolute atomic E-state index is 0.328. The highest BCUT2D eigenvalue weighted by Crippen LogP contribution is 2.19. The van der Waals surface area contributed by atoms with Gasteiger partial charge >= 0.3 is 0 Å². The molecule has 0 aromatic heterocycles. The lowest BCUT2D eigenvalue weighted by molar-refractivity contribution is 0.00749. The van der Waals surface area contributed by atoms with Crippen molar-refractivity contribution in [2.45, 2.75) is 39.7 Å². The normalized spacial score (nSPS) is 12.4. The quantitative estimate of drug-likeness (QED) is 0.616. The van der Waals surface area contributed by atoms with Crippen molar-refractivity contribution in [2.75, 3.05) is 38.3 Å². The van der Waals surface area contributed by atoms with Crippen LogP contribution in [0.15, 0.2) is 18.2 Å². The fourth-order valence-electron chi connectivity index (χ4n) is 2.06. The summed E-state index contributed by atoms with van der Waals surface area (Å²) in [4.78, 5) is 0. The van der Waals surface area contributed by atoms with Gasteiger partial charge in [-0.3, -0.25) is 0 Å². The fourth-order valence-corrected chi connectivity index (χ4v) is 2.06. The van der Waals surface area contributed by atoms with Crippen LogP contribution in [0.1, 0.15) is 30.9 Å². The lowest BCUT2D eigenvalue weighted by Crippen LogP contribution is -2.26. The third-order valence-corrected chi connectivity index (χ3v) is 3.32. The zero-order valence-corrected chi connectivity index (χ0v) is 13.5. The highest BCUT2D eigenvalue weighted by molar-refractivity contribution is 5.56. The third kappa shape index (κ3) is 7.46. The largest absolute Gasteiger partial charge is 0.389 e. The van der Waals surface area contributed by atoms with Crippen molar-refractivity contribution in [3.8, 4) is 0 Å². The third-order valence-electron chi connectivity index (χ3n) is 3.32. The Hall–Kier alpha value is -1.10.